The van der Waals surface area contributed by atoms with E-state index in [2.05, 4.69) is 5.32 Å². The van der Waals surface area contributed by atoms with Crippen LogP contribution < -0.4 is 5.32 Å². The molecule has 1 unspecified atom stereocenters. The molecule has 0 saturated heterocycles. The van der Waals surface area contributed by atoms with Crippen LogP contribution in [0.15, 0.2) is 0 Å². The molecule has 0 radical (unpaired) electrons. The largest absolute Gasteiger partial charge is 0.480 e. The van der Waals surface area contributed by atoms with Crippen LogP contribution in [0.1, 0.15) is 59.3 Å². The van der Waals surface area contributed by atoms with Gasteiger partial charge in [-0.15, -0.1) is 0 Å². The number of nitrogens with one attached hydrogen (secondary N) is 1. The van der Waals surface area contributed by atoms with Crippen molar-refractivity contribution in [2.75, 3.05) is 0 Å². The molecule has 1 aliphatic carbocycles. The summed E-state index contributed by atoms with van der Waals surface area (Å²) >= 11 is 0. The number of alkyl carbamates (subject to hydrolysis) is 1. The van der Waals surface area contributed by atoms with Crippen molar-refractivity contribution in [1.82, 2.24) is 5.32 Å². The molecule has 1 atom stereocenters. The fraction of sp³-hybridized carbons (Fsp3) is 0.857. The molecule has 0 aromatic heterocycles. The number of carbonyl (C=O) groups excluding carboxylic acids is 1. The number of ether oxygens (including phenoxy) is 1. The molecule has 0 aromatic rings. The number of amides is 1. The molecule has 7 heteroatoms. The quantitative estimate of drug-likeness (QED) is 0.807. The molecule has 7 nitrogen and oxygen atoms in total. The number of carboxylic acid groups (broad SMARTS) is 1. The van der Waals surface area contributed by atoms with E-state index in [1.165, 1.54) is 6.42 Å². The summed E-state index contributed by atoms with van der Waals surface area (Å²) in [6, 6.07) is -0.849. The normalized spacial score (nSPS) is 16.9. The summed E-state index contributed by atoms with van der Waals surface area (Å²) in [6.45, 7) is 5.26. The Balaban J connectivity index is 0. The predicted octanol–water partition coefficient (Wildman–Crippen LogP) is 1.29. The lowest BCUT2D eigenvalue weighted by Gasteiger charge is -2.26. The lowest BCUT2D eigenvalue weighted by molar-refractivity contribution is -0.140. The van der Waals surface area contributed by atoms with Crippen LogP contribution in [0.5, 0.6) is 0 Å². The lowest BCUT2D eigenvalue weighted by Crippen LogP contribution is -2.44. The van der Waals surface area contributed by atoms with Gasteiger partial charge in [0.1, 0.15) is 11.6 Å². The highest BCUT2D eigenvalue weighted by molar-refractivity contribution is 5.80. The second kappa shape index (κ2) is 9.57. The van der Waals surface area contributed by atoms with Gasteiger partial charge in [0.05, 0.1) is 0 Å². The molecule has 1 amide bonds. The van der Waals surface area contributed by atoms with Crippen molar-refractivity contribution in [2.45, 2.75) is 70.9 Å². The van der Waals surface area contributed by atoms with Crippen molar-refractivity contribution in [3.8, 4) is 0 Å². The topological polar surface area (TPSA) is 139 Å². The lowest BCUT2D eigenvalue weighted by atomic mass is 9.85. The maximum atomic E-state index is 11.6. The highest BCUT2D eigenvalue weighted by Gasteiger charge is 2.27. The van der Waals surface area contributed by atoms with E-state index in [0.717, 1.165) is 25.7 Å². The number of aliphatic carboxylic acids is 1. The first-order valence-corrected chi connectivity index (χ1v) is 7.00. The average Bonchev–Trinajstić information content (AvgIpc) is 2.26. The van der Waals surface area contributed by atoms with Gasteiger partial charge in [-0.3, -0.25) is 0 Å². The summed E-state index contributed by atoms with van der Waals surface area (Å²) < 4.78 is 5.09. The average molecular weight is 307 g/mol. The van der Waals surface area contributed by atoms with Gasteiger partial charge in [-0.25, -0.2) is 9.59 Å². The molecule has 6 N–H and O–H groups in total. The molecule has 0 aliphatic heterocycles. The summed E-state index contributed by atoms with van der Waals surface area (Å²) in [7, 11) is 0. The van der Waals surface area contributed by atoms with Crippen LogP contribution in [0, 0.1) is 5.92 Å². The molecule has 1 rings (SSSR count). The van der Waals surface area contributed by atoms with Crippen LogP contribution in [0.2, 0.25) is 0 Å². The Morgan fingerprint density at radius 3 is 2.14 bits per heavy atom. The fourth-order valence-electron chi connectivity index (χ4n) is 2.43. The van der Waals surface area contributed by atoms with Crippen molar-refractivity contribution in [2.24, 2.45) is 5.92 Å². The van der Waals surface area contributed by atoms with Gasteiger partial charge in [0.2, 0.25) is 0 Å². The van der Waals surface area contributed by atoms with E-state index in [9.17, 15) is 14.7 Å². The zero-order valence-corrected chi connectivity index (χ0v) is 13.1. The van der Waals surface area contributed by atoms with Crippen molar-refractivity contribution in [1.29, 1.82) is 0 Å². The van der Waals surface area contributed by atoms with Gasteiger partial charge in [-0.2, -0.15) is 0 Å². The number of hydrogen-bond acceptors (Lipinski definition) is 3. The van der Waals surface area contributed by atoms with E-state index in [4.69, 9.17) is 4.74 Å². The Hall–Kier alpha value is -1.34. The molecular formula is C14H29NO6. The van der Waals surface area contributed by atoms with E-state index in [1.807, 2.05) is 0 Å². The van der Waals surface area contributed by atoms with Crippen LogP contribution in [-0.2, 0) is 9.53 Å². The summed E-state index contributed by atoms with van der Waals surface area (Å²) in [4.78, 5) is 22.8. The van der Waals surface area contributed by atoms with E-state index >= 15 is 0 Å². The van der Waals surface area contributed by atoms with Crippen LogP contribution in [0.25, 0.3) is 0 Å². The van der Waals surface area contributed by atoms with Gasteiger partial charge in [0.15, 0.2) is 0 Å². The van der Waals surface area contributed by atoms with Crippen molar-refractivity contribution < 1.29 is 30.4 Å². The number of rotatable bonds is 4. The van der Waals surface area contributed by atoms with Gasteiger partial charge in [0.25, 0.3) is 0 Å². The monoisotopic (exact) mass is 307 g/mol. The maximum absolute atomic E-state index is 11.6. The Labute approximate surface area is 125 Å². The Bertz CT molecular complexity index is 320. The predicted molar refractivity (Wildman–Crippen MR) is 79.2 cm³/mol. The SMILES string of the molecule is CC(C)(C)OC(=O)NC(CC1CCCCC1)C(=O)O.O.O. The Morgan fingerprint density at radius 2 is 1.71 bits per heavy atom. The number of carbonyl (C=O) groups is 2. The van der Waals surface area contributed by atoms with Gasteiger partial charge in [-0.05, 0) is 33.1 Å². The third-order valence-electron chi connectivity index (χ3n) is 3.28. The Morgan fingerprint density at radius 1 is 1.19 bits per heavy atom. The fourth-order valence-corrected chi connectivity index (χ4v) is 2.43. The molecule has 1 saturated carbocycles. The number of hydrogen-bond donors (Lipinski definition) is 2. The summed E-state index contributed by atoms with van der Waals surface area (Å²) in [5.74, 6) is -0.596. The van der Waals surface area contributed by atoms with Crippen molar-refractivity contribution in [3.63, 3.8) is 0 Å². The van der Waals surface area contributed by atoms with Gasteiger partial charge < -0.3 is 26.1 Å². The molecular weight excluding hydrogens is 278 g/mol. The molecule has 126 valence electrons. The van der Waals surface area contributed by atoms with E-state index < -0.39 is 23.7 Å². The van der Waals surface area contributed by atoms with Crippen LogP contribution >= 0.6 is 0 Å². The Kier molecular flexibility index (Phi) is 10.0. The zero-order chi connectivity index (χ0) is 14.5. The van der Waals surface area contributed by atoms with E-state index in [-0.39, 0.29) is 11.0 Å². The first-order valence-electron chi connectivity index (χ1n) is 7.00. The van der Waals surface area contributed by atoms with Crippen LogP contribution in [0.3, 0.4) is 0 Å². The van der Waals surface area contributed by atoms with E-state index in [1.54, 1.807) is 20.8 Å². The molecule has 1 aliphatic rings. The number of carboxylic acids is 1. The zero-order valence-electron chi connectivity index (χ0n) is 13.1. The smallest absolute Gasteiger partial charge is 0.408 e. The third kappa shape index (κ3) is 9.25. The molecule has 21 heavy (non-hydrogen) atoms. The second-order valence-corrected chi connectivity index (χ2v) is 6.28. The standard InChI is InChI=1S/C14H25NO4.2H2O/c1-14(2,3)19-13(18)15-11(12(16)17)9-10-7-5-4-6-8-10;;/h10-11H,4-9H2,1-3H3,(H,15,18)(H,16,17);2*1H2. The summed E-state index contributed by atoms with van der Waals surface area (Å²) in [5.41, 5.74) is -0.613. The van der Waals surface area contributed by atoms with Crippen molar-refractivity contribution >= 4 is 12.1 Å². The highest BCUT2D eigenvalue weighted by atomic mass is 16.6. The van der Waals surface area contributed by atoms with Gasteiger partial charge in [0, 0.05) is 0 Å². The molecule has 0 spiro atoms. The summed E-state index contributed by atoms with van der Waals surface area (Å²) in [6.07, 6.45) is 5.49. The maximum Gasteiger partial charge on any atom is 0.408 e. The summed E-state index contributed by atoms with van der Waals surface area (Å²) in [5, 5.41) is 11.6. The minimum atomic E-state index is -0.989. The van der Waals surface area contributed by atoms with Gasteiger partial charge in [-0.1, -0.05) is 32.1 Å². The van der Waals surface area contributed by atoms with E-state index in [0.29, 0.717) is 12.3 Å². The first kappa shape index (κ1) is 21.9. The minimum Gasteiger partial charge on any atom is -0.480 e. The second-order valence-electron chi connectivity index (χ2n) is 6.28. The van der Waals surface area contributed by atoms with Crippen LogP contribution in [-0.4, -0.2) is 39.8 Å². The minimum absolute atomic E-state index is 0. The third-order valence-corrected chi connectivity index (χ3v) is 3.28. The van der Waals surface area contributed by atoms with Crippen LogP contribution in [0.4, 0.5) is 4.79 Å². The van der Waals surface area contributed by atoms with Crippen molar-refractivity contribution in [3.05, 3.63) is 0 Å². The molecule has 1 fully saturated rings. The first-order chi connectivity index (χ1) is 8.78. The molecule has 0 heterocycles. The van der Waals surface area contributed by atoms with Gasteiger partial charge >= 0.3 is 12.1 Å². The molecule has 0 aromatic carbocycles. The highest BCUT2D eigenvalue weighted by Crippen LogP contribution is 2.27. The molecule has 0 bridgehead atoms.